The minimum Gasteiger partial charge on any atom is -0.431 e. The molecule has 0 fully saturated rings. The van der Waals surface area contributed by atoms with E-state index in [1.165, 1.54) is 12.1 Å². The van der Waals surface area contributed by atoms with Gasteiger partial charge in [0.05, 0.1) is 21.9 Å². The number of nitrogens with zero attached hydrogens (tertiary/aromatic N) is 1. The van der Waals surface area contributed by atoms with E-state index in [2.05, 4.69) is 31.0 Å². The lowest BCUT2D eigenvalue weighted by molar-refractivity contribution is -0.0498. The van der Waals surface area contributed by atoms with Crippen LogP contribution >= 0.6 is 27.5 Å². The molecule has 1 aromatic carbocycles. The highest BCUT2D eigenvalue weighted by Gasteiger charge is 2.17. The first kappa shape index (κ1) is 16.0. The molecule has 2 aromatic rings. The van der Waals surface area contributed by atoms with Gasteiger partial charge in [0, 0.05) is 11.2 Å². The number of alkyl halides is 2. The molecule has 0 saturated carbocycles. The summed E-state index contributed by atoms with van der Waals surface area (Å²) in [6.07, 6.45) is 1.66. The number of rotatable bonds is 5. The van der Waals surface area contributed by atoms with Crippen LogP contribution < -0.4 is 10.1 Å². The monoisotopic (exact) mass is 376 g/mol. The van der Waals surface area contributed by atoms with E-state index in [0.717, 1.165) is 5.69 Å². The van der Waals surface area contributed by atoms with Gasteiger partial charge >= 0.3 is 6.61 Å². The van der Waals surface area contributed by atoms with Gasteiger partial charge in [0.1, 0.15) is 0 Å². The van der Waals surface area contributed by atoms with Crippen molar-refractivity contribution in [3.63, 3.8) is 0 Å². The van der Waals surface area contributed by atoms with Gasteiger partial charge in [-0.2, -0.15) is 8.78 Å². The minimum absolute atomic E-state index is 0.0113. The van der Waals surface area contributed by atoms with E-state index >= 15 is 0 Å². The van der Waals surface area contributed by atoms with Gasteiger partial charge in [-0.05, 0) is 47.1 Å². The van der Waals surface area contributed by atoms with Gasteiger partial charge in [-0.25, -0.2) is 0 Å². The first-order chi connectivity index (χ1) is 9.97. The maximum Gasteiger partial charge on any atom is 0.387 e. The molecule has 0 saturated heterocycles. The number of anilines is 1. The lowest BCUT2D eigenvalue weighted by Gasteiger charge is -2.19. The van der Waals surface area contributed by atoms with Crippen LogP contribution in [0.3, 0.4) is 0 Å². The van der Waals surface area contributed by atoms with Crippen molar-refractivity contribution < 1.29 is 13.5 Å². The Morgan fingerprint density at radius 2 is 2.10 bits per heavy atom. The second kappa shape index (κ2) is 7.04. The van der Waals surface area contributed by atoms with Crippen molar-refractivity contribution in [2.45, 2.75) is 19.6 Å². The molecule has 0 radical (unpaired) electrons. The number of pyridine rings is 1. The highest BCUT2D eigenvalue weighted by molar-refractivity contribution is 9.10. The molecule has 1 atom stereocenters. The average Bonchev–Trinajstić information content (AvgIpc) is 2.43. The molecule has 1 aromatic heterocycles. The SMILES string of the molecule is CC(Nc1cc(Cl)cc(Br)c1OC(F)F)c1ccccn1. The van der Waals surface area contributed by atoms with Crippen molar-refractivity contribution in [2.75, 3.05) is 5.32 Å². The molecule has 3 nitrogen and oxygen atoms in total. The smallest absolute Gasteiger partial charge is 0.387 e. The summed E-state index contributed by atoms with van der Waals surface area (Å²) in [4.78, 5) is 4.21. The molecule has 21 heavy (non-hydrogen) atoms. The summed E-state index contributed by atoms with van der Waals surface area (Å²) in [6.45, 7) is -1.06. The van der Waals surface area contributed by atoms with Crippen LogP contribution in [-0.2, 0) is 0 Å². The third-order valence-electron chi connectivity index (χ3n) is 2.72. The zero-order valence-electron chi connectivity index (χ0n) is 11.0. The fourth-order valence-corrected chi connectivity index (χ4v) is 2.72. The minimum atomic E-state index is -2.92. The summed E-state index contributed by atoms with van der Waals surface area (Å²) < 4.78 is 29.9. The van der Waals surface area contributed by atoms with E-state index in [4.69, 9.17) is 11.6 Å². The third-order valence-corrected chi connectivity index (χ3v) is 3.53. The number of hydrogen-bond donors (Lipinski definition) is 1. The summed E-state index contributed by atoms with van der Waals surface area (Å²) in [5.41, 5.74) is 1.14. The summed E-state index contributed by atoms with van der Waals surface area (Å²) in [6, 6.07) is 8.32. The van der Waals surface area contributed by atoms with E-state index < -0.39 is 6.61 Å². The second-order valence-electron chi connectivity index (χ2n) is 4.26. The second-order valence-corrected chi connectivity index (χ2v) is 5.55. The molecule has 0 bridgehead atoms. The molecule has 0 spiro atoms. The topological polar surface area (TPSA) is 34.1 Å². The highest BCUT2D eigenvalue weighted by Crippen LogP contribution is 2.38. The van der Waals surface area contributed by atoms with Gasteiger partial charge in [0.2, 0.25) is 0 Å². The van der Waals surface area contributed by atoms with Gasteiger partial charge in [-0.3, -0.25) is 4.98 Å². The van der Waals surface area contributed by atoms with E-state index in [-0.39, 0.29) is 11.8 Å². The largest absolute Gasteiger partial charge is 0.431 e. The van der Waals surface area contributed by atoms with E-state index in [1.54, 1.807) is 12.3 Å². The van der Waals surface area contributed by atoms with Crippen molar-refractivity contribution in [1.29, 1.82) is 0 Å². The Morgan fingerprint density at radius 1 is 1.33 bits per heavy atom. The molecule has 1 N–H and O–H groups in total. The fourth-order valence-electron chi connectivity index (χ4n) is 1.82. The molecule has 1 unspecified atom stereocenters. The van der Waals surface area contributed by atoms with Crippen molar-refractivity contribution in [2.24, 2.45) is 0 Å². The van der Waals surface area contributed by atoms with Crippen molar-refractivity contribution in [3.8, 4) is 5.75 Å². The lowest BCUT2D eigenvalue weighted by atomic mass is 10.2. The molecule has 2 rings (SSSR count). The van der Waals surface area contributed by atoms with Crippen LogP contribution in [0.1, 0.15) is 18.7 Å². The Bertz CT molecular complexity index is 613. The van der Waals surface area contributed by atoms with E-state index in [0.29, 0.717) is 15.2 Å². The molecule has 0 aliphatic rings. The van der Waals surface area contributed by atoms with Gasteiger partial charge in [0.15, 0.2) is 5.75 Å². The number of halogens is 4. The number of nitrogens with one attached hydrogen (secondary N) is 1. The van der Waals surface area contributed by atoms with Crippen LogP contribution in [0.15, 0.2) is 41.0 Å². The van der Waals surface area contributed by atoms with Crippen LogP contribution in [0, 0.1) is 0 Å². The molecule has 112 valence electrons. The Morgan fingerprint density at radius 3 is 2.71 bits per heavy atom. The standard InChI is InChI=1S/C14H12BrClF2N2O/c1-8(11-4-2-3-5-19-11)20-12-7-9(16)6-10(15)13(12)21-14(17)18/h2-8,14,20H,1H3. The first-order valence-electron chi connectivity index (χ1n) is 6.08. The highest BCUT2D eigenvalue weighted by atomic mass is 79.9. The summed E-state index contributed by atoms with van der Waals surface area (Å²) in [5, 5.41) is 3.48. The normalized spacial score (nSPS) is 12.3. The zero-order chi connectivity index (χ0) is 15.4. The zero-order valence-corrected chi connectivity index (χ0v) is 13.3. The Balaban J connectivity index is 2.30. The Hall–Kier alpha value is -1.40. The number of aromatic nitrogens is 1. The van der Waals surface area contributed by atoms with Gasteiger partial charge in [-0.1, -0.05) is 17.7 Å². The maximum atomic E-state index is 12.5. The molecule has 7 heteroatoms. The number of ether oxygens (including phenoxy) is 1. The Kier molecular flexibility index (Phi) is 5.36. The van der Waals surface area contributed by atoms with Crippen LogP contribution in [0.5, 0.6) is 5.75 Å². The summed E-state index contributed by atoms with van der Waals surface area (Å²) in [5.74, 6) is 0.0113. The molecular weight excluding hydrogens is 366 g/mol. The maximum absolute atomic E-state index is 12.5. The Labute approximate surface area is 134 Å². The van der Waals surface area contributed by atoms with Crippen LogP contribution in [0.4, 0.5) is 14.5 Å². The van der Waals surface area contributed by atoms with Crippen LogP contribution in [0.2, 0.25) is 5.02 Å². The predicted molar refractivity (Wildman–Crippen MR) is 82.1 cm³/mol. The number of hydrogen-bond acceptors (Lipinski definition) is 3. The van der Waals surface area contributed by atoms with Gasteiger partial charge in [0.25, 0.3) is 0 Å². The fraction of sp³-hybridized carbons (Fsp3) is 0.214. The third kappa shape index (κ3) is 4.28. The van der Waals surface area contributed by atoms with Gasteiger partial charge in [-0.15, -0.1) is 0 Å². The summed E-state index contributed by atoms with van der Waals surface area (Å²) >= 11 is 9.13. The van der Waals surface area contributed by atoms with Crippen molar-refractivity contribution >= 4 is 33.2 Å². The lowest BCUT2D eigenvalue weighted by Crippen LogP contribution is -2.11. The molecular formula is C14H12BrClF2N2O. The predicted octanol–water partition coefficient (Wildman–Crippen LogP) is 5.27. The molecule has 0 amide bonds. The van der Waals surface area contributed by atoms with Crippen LogP contribution in [-0.4, -0.2) is 11.6 Å². The molecule has 1 heterocycles. The first-order valence-corrected chi connectivity index (χ1v) is 7.26. The van der Waals surface area contributed by atoms with Crippen LogP contribution in [0.25, 0.3) is 0 Å². The molecule has 0 aliphatic carbocycles. The van der Waals surface area contributed by atoms with Crippen molar-refractivity contribution in [3.05, 3.63) is 51.7 Å². The van der Waals surface area contributed by atoms with Crippen molar-refractivity contribution in [1.82, 2.24) is 4.98 Å². The summed E-state index contributed by atoms with van der Waals surface area (Å²) in [7, 11) is 0. The van der Waals surface area contributed by atoms with Gasteiger partial charge < -0.3 is 10.1 Å². The average molecular weight is 378 g/mol. The van der Waals surface area contributed by atoms with E-state index in [1.807, 2.05) is 19.1 Å². The quantitative estimate of drug-likeness (QED) is 0.770. The molecule has 0 aliphatic heterocycles. The van der Waals surface area contributed by atoms with E-state index in [9.17, 15) is 8.78 Å². The number of benzene rings is 1.